The third-order valence-electron chi connectivity index (χ3n) is 6.02. The van der Waals surface area contributed by atoms with Crippen molar-refractivity contribution in [2.45, 2.75) is 84.0 Å². The molecule has 2 aliphatic rings. The molecule has 3 heteroatoms. The maximum Gasteiger partial charge on any atom is 0.192 e. The summed E-state index contributed by atoms with van der Waals surface area (Å²) in [6.07, 6.45) is 5.53. The summed E-state index contributed by atoms with van der Waals surface area (Å²) in [5.41, 5.74) is -0.0781. The number of carbonyl (C=O) groups excluding carboxylic acids is 1. The zero-order chi connectivity index (χ0) is 14.5. The van der Waals surface area contributed by atoms with Gasteiger partial charge >= 0.3 is 0 Å². The Labute approximate surface area is 119 Å². The monoisotopic (exact) mass is 282 g/mol. The van der Waals surface area contributed by atoms with Gasteiger partial charge in [0, 0.05) is 17.9 Å². The van der Waals surface area contributed by atoms with Crippen molar-refractivity contribution in [1.29, 1.82) is 0 Å². The Morgan fingerprint density at radius 1 is 1.26 bits per heavy atom. The number of ketones is 1. The van der Waals surface area contributed by atoms with Crippen LogP contribution in [0.2, 0.25) is 18.1 Å². The summed E-state index contributed by atoms with van der Waals surface area (Å²) in [6.45, 7) is 13.7. The molecule has 19 heavy (non-hydrogen) atoms. The Balaban J connectivity index is 2.16. The Kier molecular flexibility index (Phi) is 3.77. The summed E-state index contributed by atoms with van der Waals surface area (Å²) in [7, 11) is -1.72. The average Bonchev–Trinajstić information content (AvgIpc) is 2.54. The van der Waals surface area contributed by atoms with Crippen molar-refractivity contribution in [3.05, 3.63) is 0 Å². The first kappa shape index (κ1) is 15.2. The van der Waals surface area contributed by atoms with Gasteiger partial charge in [0.05, 0.1) is 0 Å². The summed E-state index contributed by atoms with van der Waals surface area (Å²) in [4.78, 5) is 12.2. The van der Waals surface area contributed by atoms with Crippen molar-refractivity contribution in [2.75, 3.05) is 0 Å². The van der Waals surface area contributed by atoms with Crippen molar-refractivity contribution in [1.82, 2.24) is 0 Å². The van der Waals surface area contributed by atoms with Crippen LogP contribution >= 0.6 is 0 Å². The number of hydrogen-bond donors (Lipinski definition) is 0. The Morgan fingerprint density at radius 3 is 2.47 bits per heavy atom. The van der Waals surface area contributed by atoms with Gasteiger partial charge in [-0.05, 0) is 49.7 Å². The fraction of sp³-hybridized carbons (Fsp3) is 0.938. The molecule has 0 aromatic carbocycles. The zero-order valence-corrected chi connectivity index (χ0v) is 14.5. The number of fused-ring (bicyclic) bond motifs is 1. The first-order chi connectivity index (χ1) is 8.58. The summed E-state index contributed by atoms with van der Waals surface area (Å²) in [5.74, 6) is 0.962. The third kappa shape index (κ3) is 2.56. The summed E-state index contributed by atoms with van der Waals surface area (Å²) < 4.78 is 6.66. The first-order valence-electron chi connectivity index (χ1n) is 7.79. The molecule has 0 heterocycles. The standard InChI is InChI=1S/C16H30O2Si/c1-15(2,3)19(5,6)18-13-8-7-11-16(4)12(13)9-10-14(16)17/h12-13H,7-11H2,1-6H3/t12-,13?,16-/m0/s1. The molecule has 0 amide bonds. The van der Waals surface area contributed by atoms with Gasteiger partial charge in [-0.2, -0.15) is 0 Å². The van der Waals surface area contributed by atoms with Crippen LogP contribution in [-0.2, 0) is 9.22 Å². The van der Waals surface area contributed by atoms with Gasteiger partial charge in [-0.15, -0.1) is 0 Å². The first-order valence-corrected chi connectivity index (χ1v) is 10.7. The normalized spacial score (nSPS) is 36.4. The van der Waals surface area contributed by atoms with Crippen LogP contribution in [0.15, 0.2) is 0 Å². The highest BCUT2D eigenvalue weighted by Crippen LogP contribution is 2.52. The van der Waals surface area contributed by atoms with E-state index in [-0.39, 0.29) is 10.5 Å². The second kappa shape index (κ2) is 4.69. The number of hydrogen-bond acceptors (Lipinski definition) is 2. The van der Waals surface area contributed by atoms with E-state index in [1.807, 2.05) is 0 Å². The van der Waals surface area contributed by atoms with E-state index >= 15 is 0 Å². The van der Waals surface area contributed by atoms with E-state index in [9.17, 15) is 4.79 Å². The van der Waals surface area contributed by atoms with Crippen LogP contribution < -0.4 is 0 Å². The molecule has 2 nitrogen and oxygen atoms in total. The molecule has 0 bridgehead atoms. The van der Waals surface area contributed by atoms with Crippen LogP contribution in [0.4, 0.5) is 0 Å². The number of Topliss-reactive ketones (excluding diaryl/α,β-unsaturated/α-hetero) is 1. The van der Waals surface area contributed by atoms with Crippen LogP contribution in [0, 0.1) is 11.3 Å². The summed E-state index contributed by atoms with van der Waals surface area (Å²) in [5, 5.41) is 0.253. The molecule has 0 N–H and O–H groups in total. The lowest BCUT2D eigenvalue weighted by Crippen LogP contribution is -2.49. The van der Waals surface area contributed by atoms with E-state index in [1.165, 1.54) is 0 Å². The van der Waals surface area contributed by atoms with Crippen LogP contribution in [0.25, 0.3) is 0 Å². The predicted molar refractivity (Wildman–Crippen MR) is 81.8 cm³/mol. The molecule has 0 aromatic rings. The van der Waals surface area contributed by atoms with Crippen molar-refractivity contribution >= 4 is 14.1 Å². The average molecular weight is 282 g/mol. The van der Waals surface area contributed by atoms with Gasteiger partial charge in [0.1, 0.15) is 5.78 Å². The van der Waals surface area contributed by atoms with Crippen molar-refractivity contribution < 1.29 is 9.22 Å². The largest absolute Gasteiger partial charge is 0.414 e. The van der Waals surface area contributed by atoms with Crippen LogP contribution in [0.5, 0.6) is 0 Å². The Bertz CT molecular complexity index is 369. The molecule has 110 valence electrons. The highest BCUT2D eigenvalue weighted by atomic mass is 28.4. The molecule has 3 atom stereocenters. The molecule has 2 rings (SSSR count). The third-order valence-corrected chi connectivity index (χ3v) is 10.5. The van der Waals surface area contributed by atoms with E-state index in [4.69, 9.17) is 4.43 Å². The molecular formula is C16H30O2Si. The van der Waals surface area contributed by atoms with Gasteiger partial charge in [0.25, 0.3) is 0 Å². The van der Waals surface area contributed by atoms with Gasteiger partial charge in [-0.1, -0.05) is 27.7 Å². The van der Waals surface area contributed by atoms with Crippen LogP contribution in [0.1, 0.15) is 59.8 Å². The molecule has 2 fully saturated rings. The second-order valence-electron chi connectivity index (χ2n) is 8.29. The minimum atomic E-state index is -1.72. The van der Waals surface area contributed by atoms with Crippen molar-refractivity contribution in [3.63, 3.8) is 0 Å². The minimum Gasteiger partial charge on any atom is -0.414 e. The molecular weight excluding hydrogens is 252 g/mol. The second-order valence-corrected chi connectivity index (χ2v) is 13.1. The van der Waals surface area contributed by atoms with Gasteiger partial charge in [0.2, 0.25) is 0 Å². The maximum atomic E-state index is 12.2. The van der Waals surface area contributed by atoms with E-state index in [1.54, 1.807) is 0 Å². The molecule has 0 aliphatic heterocycles. The zero-order valence-electron chi connectivity index (χ0n) is 13.5. The summed E-state index contributed by atoms with van der Waals surface area (Å²) in [6, 6.07) is 0. The minimum absolute atomic E-state index is 0.0781. The van der Waals surface area contributed by atoms with E-state index in [0.717, 1.165) is 32.1 Å². The predicted octanol–water partition coefficient (Wildman–Crippen LogP) is 4.55. The van der Waals surface area contributed by atoms with Crippen molar-refractivity contribution in [2.24, 2.45) is 11.3 Å². The smallest absolute Gasteiger partial charge is 0.192 e. The molecule has 0 radical (unpaired) electrons. The van der Waals surface area contributed by atoms with E-state index in [0.29, 0.717) is 17.8 Å². The fourth-order valence-corrected chi connectivity index (χ4v) is 4.98. The molecule has 0 saturated heterocycles. The van der Waals surface area contributed by atoms with Crippen LogP contribution in [0.3, 0.4) is 0 Å². The highest BCUT2D eigenvalue weighted by molar-refractivity contribution is 6.74. The van der Waals surface area contributed by atoms with E-state index < -0.39 is 8.32 Å². The van der Waals surface area contributed by atoms with Gasteiger partial charge in [0.15, 0.2) is 8.32 Å². The Hall–Kier alpha value is -0.153. The van der Waals surface area contributed by atoms with Crippen molar-refractivity contribution in [3.8, 4) is 0 Å². The maximum absolute atomic E-state index is 12.2. The van der Waals surface area contributed by atoms with E-state index in [2.05, 4.69) is 40.8 Å². The Morgan fingerprint density at radius 2 is 1.89 bits per heavy atom. The molecule has 2 saturated carbocycles. The van der Waals surface area contributed by atoms with Gasteiger partial charge < -0.3 is 4.43 Å². The van der Waals surface area contributed by atoms with Crippen LogP contribution in [-0.4, -0.2) is 20.2 Å². The molecule has 0 spiro atoms. The lowest BCUT2D eigenvalue weighted by molar-refractivity contribution is -0.130. The fourth-order valence-electron chi connectivity index (χ4n) is 3.59. The number of rotatable bonds is 2. The summed E-state index contributed by atoms with van der Waals surface area (Å²) >= 11 is 0. The topological polar surface area (TPSA) is 26.3 Å². The highest BCUT2D eigenvalue weighted by Gasteiger charge is 2.53. The molecule has 0 aromatic heterocycles. The van der Waals surface area contributed by atoms with Gasteiger partial charge in [-0.25, -0.2) is 0 Å². The lowest BCUT2D eigenvalue weighted by atomic mass is 9.68. The molecule has 1 unspecified atom stereocenters. The SMILES string of the molecule is CC(C)(C)[Si](C)(C)OC1CCC[C@]2(C)C(=O)CC[C@@H]12. The number of carbonyl (C=O) groups is 1. The quantitative estimate of drug-likeness (QED) is 0.695. The molecule has 2 aliphatic carbocycles. The lowest BCUT2D eigenvalue weighted by Gasteiger charge is -2.46. The van der Waals surface area contributed by atoms with Gasteiger partial charge in [-0.3, -0.25) is 4.79 Å².